The summed E-state index contributed by atoms with van der Waals surface area (Å²) in [6.45, 7) is 2.13. The maximum Gasteiger partial charge on any atom is -0.147 e. The molecule has 0 fully saturated rings. The summed E-state index contributed by atoms with van der Waals surface area (Å²) in [6, 6.07) is 6.21. The fourth-order valence-electron chi connectivity index (χ4n) is 0.726. The Morgan fingerprint density at radius 2 is 2.20 bits per heavy atom. The third kappa shape index (κ3) is 2.76. The van der Waals surface area contributed by atoms with Crippen LogP contribution in [0.4, 0.5) is 0 Å². The number of hydrogen-bond acceptors (Lipinski definition) is 1. The van der Waals surface area contributed by atoms with E-state index in [1.807, 2.05) is 0 Å². The Balaban J connectivity index is 0.000000810. The first-order valence-corrected chi connectivity index (χ1v) is 4.59. The quantitative estimate of drug-likeness (QED) is 0.632. The average Bonchev–Trinajstić information content (AvgIpc) is 1.88. The molecule has 1 nitrogen and oxygen atoms in total. The fourth-order valence-corrected chi connectivity index (χ4v) is 1.44. The molecule has 0 radical (unpaired) electrons. The van der Waals surface area contributed by atoms with Gasteiger partial charge in [-0.3, -0.25) is 0 Å². The number of halogens is 1. The van der Waals surface area contributed by atoms with Gasteiger partial charge in [-0.1, -0.05) is 0 Å². The second-order valence-electron chi connectivity index (χ2n) is 1.97. The minimum absolute atomic E-state index is 0. The van der Waals surface area contributed by atoms with Crippen LogP contribution in [-0.2, 0) is 24.7 Å². The molecule has 51 valence electrons. The van der Waals surface area contributed by atoms with Gasteiger partial charge in [0.15, 0.2) is 0 Å². The van der Waals surface area contributed by atoms with Crippen LogP contribution >= 0.6 is 12.4 Å². The summed E-state index contributed by atoms with van der Waals surface area (Å²) in [5, 5.41) is 0. The van der Waals surface area contributed by atoms with Gasteiger partial charge in [0.25, 0.3) is 0 Å². The molecule has 0 saturated heterocycles. The van der Waals surface area contributed by atoms with Crippen molar-refractivity contribution in [1.82, 2.24) is 4.98 Å². The van der Waals surface area contributed by atoms with Gasteiger partial charge >= 0.3 is 64.8 Å². The summed E-state index contributed by atoms with van der Waals surface area (Å²) in [6.07, 6.45) is 1.05. The molecular weight excluding hydrogens is 199 g/mol. The average molecular weight is 208 g/mol. The molecule has 0 atom stereocenters. The molecule has 0 N–H and O–H groups in total. The molecule has 1 aromatic rings. The van der Waals surface area contributed by atoms with Crippen molar-refractivity contribution in [3.8, 4) is 0 Å². The van der Waals surface area contributed by atoms with Gasteiger partial charge < -0.3 is 0 Å². The number of rotatable bonds is 1. The van der Waals surface area contributed by atoms with E-state index in [1.165, 1.54) is 9.98 Å². The topological polar surface area (TPSA) is 12.9 Å². The van der Waals surface area contributed by atoms with E-state index in [2.05, 4.69) is 30.1 Å². The number of pyridine rings is 1. The third-order valence-corrected chi connectivity index (χ3v) is 2.05. The van der Waals surface area contributed by atoms with Gasteiger partial charge in [-0.25, -0.2) is 0 Å². The maximum absolute atomic E-state index is 4.35. The molecule has 1 heterocycles. The number of nitrogens with zero attached hydrogens (tertiary/aromatic N) is 1. The molecule has 0 amide bonds. The molecular formula is C7H9ClNZn. The number of hydrogen-bond donors (Lipinski definition) is 0. The largest absolute Gasteiger partial charge is 0.147 e. The molecule has 0 aliphatic rings. The van der Waals surface area contributed by atoms with Crippen LogP contribution < -0.4 is 4.29 Å². The molecule has 0 saturated carbocycles. The van der Waals surface area contributed by atoms with Gasteiger partial charge in [0.05, 0.1) is 0 Å². The summed E-state index contributed by atoms with van der Waals surface area (Å²) in [5.41, 5.74) is 1.21. The monoisotopic (exact) mass is 206 g/mol. The normalized spacial score (nSPS) is 8.70. The van der Waals surface area contributed by atoms with E-state index in [0.717, 1.165) is 24.7 Å². The molecule has 0 aromatic carbocycles. The molecule has 0 aliphatic heterocycles. The third-order valence-electron chi connectivity index (χ3n) is 1.23. The number of aryl methyl sites for hydroxylation is 1. The summed E-state index contributed by atoms with van der Waals surface area (Å²) in [7, 11) is 0. The van der Waals surface area contributed by atoms with Crippen molar-refractivity contribution in [3.05, 3.63) is 23.9 Å². The van der Waals surface area contributed by atoms with Crippen LogP contribution in [0.1, 0.15) is 12.6 Å². The second-order valence-corrected chi connectivity index (χ2v) is 3.49. The predicted octanol–water partition coefficient (Wildman–Crippen LogP) is 1.24. The fraction of sp³-hybridized carbons (Fsp3) is 0.286. The van der Waals surface area contributed by atoms with E-state index < -0.39 is 0 Å². The molecule has 3 heteroatoms. The van der Waals surface area contributed by atoms with E-state index >= 15 is 0 Å². The molecule has 1 rings (SSSR count). The van der Waals surface area contributed by atoms with Crippen molar-refractivity contribution >= 4 is 16.7 Å². The smallest absolute Gasteiger partial charge is 0.147 e. The molecule has 0 aliphatic carbocycles. The van der Waals surface area contributed by atoms with Crippen molar-refractivity contribution in [2.45, 2.75) is 13.3 Å². The molecule has 0 bridgehead atoms. The molecule has 1 aromatic heterocycles. The van der Waals surface area contributed by atoms with Gasteiger partial charge in [0, 0.05) is 0 Å². The predicted molar refractivity (Wildman–Crippen MR) is 40.5 cm³/mol. The Morgan fingerprint density at radius 1 is 1.50 bits per heavy atom. The summed E-state index contributed by atoms with van der Waals surface area (Å²) < 4.78 is 1.23. The number of aromatic nitrogens is 1. The van der Waals surface area contributed by atoms with E-state index in [0.29, 0.717) is 0 Å². The Bertz CT molecular complexity index is 203. The van der Waals surface area contributed by atoms with E-state index in [4.69, 9.17) is 0 Å². The standard InChI is InChI=1S/C7H8N.ClH.Zn/c1-2-7-5-3-4-6-8-7;;/h3-5H,2H2,1H3;1H;. The Labute approximate surface area is 77.3 Å². The first-order chi connectivity index (χ1) is 4.33. The zero-order valence-corrected chi connectivity index (χ0v) is 9.79. The zero-order chi connectivity index (χ0) is 6.69. The van der Waals surface area contributed by atoms with Crippen LogP contribution in [0.3, 0.4) is 0 Å². The minimum Gasteiger partial charge on any atom is -0.147 e. The summed E-state index contributed by atoms with van der Waals surface area (Å²) >= 11 is 1.16. The first-order valence-electron chi connectivity index (χ1n) is 3.11. The van der Waals surface area contributed by atoms with Crippen LogP contribution in [0, 0.1) is 0 Å². The van der Waals surface area contributed by atoms with Crippen molar-refractivity contribution in [2.75, 3.05) is 0 Å². The van der Waals surface area contributed by atoms with Gasteiger partial charge in [-0.05, 0) is 0 Å². The molecule has 10 heavy (non-hydrogen) atoms. The second kappa shape index (κ2) is 4.81. The summed E-state index contributed by atoms with van der Waals surface area (Å²) in [5.74, 6) is 0. The van der Waals surface area contributed by atoms with Crippen molar-refractivity contribution < 1.29 is 18.3 Å². The first kappa shape index (κ1) is 10.1. The van der Waals surface area contributed by atoms with Gasteiger partial charge in [-0.15, -0.1) is 12.4 Å². The Kier molecular flexibility index (Phi) is 4.84. The van der Waals surface area contributed by atoms with Gasteiger partial charge in [-0.2, -0.15) is 0 Å². The molecule has 0 spiro atoms. The van der Waals surface area contributed by atoms with Crippen LogP contribution in [0.25, 0.3) is 0 Å². The van der Waals surface area contributed by atoms with Crippen LogP contribution in [-0.4, -0.2) is 4.98 Å². The zero-order valence-electron chi connectivity index (χ0n) is 6.00. The van der Waals surface area contributed by atoms with Crippen molar-refractivity contribution in [2.24, 2.45) is 0 Å². The van der Waals surface area contributed by atoms with Gasteiger partial charge in [0.1, 0.15) is 0 Å². The van der Waals surface area contributed by atoms with Crippen molar-refractivity contribution in [3.63, 3.8) is 0 Å². The van der Waals surface area contributed by atoms with E-state index in [-0.39, 0.29) is 12.4 Å². The van der Waals surface area contributed by atoms with E-state index in [1.54, 1.807) is 0 Å². The Morgan fingerprint density at radius 3 is 2.60 bits per heavy atom. The minimum atomic E-state index is 0. The Hall–Kier alpha value is 0.0634. The van der Waals surface area contributed by atoms with Gasteiger partial charge in [0.2, 0.25) is 0 Å². The van der Waals surface area contributed by atoms with Crippen LogP contribution in [0.15, 0.2) is 18.2 Å². The van der Waals surface area contributed by atoms with Crippen LogP contribution in [0.5, 0.6) is 0 Å². The van der Waals surface area contributed by atoms with Crippen molar-refractivity contribution in [1.29, 1.82) is 0 Å². The maximum atomic E-state index is 4.35. The summed E-state index contributed by atoms with van der Waals surface area (Å²) in [4.78, 5) is 4.35. The molecule has 0 unspecified atom stereocenters. The SMILES string of the molecule is CCc1ccc[c]([Zn])n1.Cl. The van der Waals surface area contributed by atoms with Crippen LogP contribution in [0.2, 0.25) is 0 Å². The van der Waals surface area contributed by atoms with E-state index in [9.17, 15) is 0 Å².